The second-order valence-corrected chi connectivity index (χ2v) is 12.5. The zero-order chi connectivity index (χ0) is 30.9. The van der Waals surface area contributed by atoms with Gasteiger partial charge in [-0.25, -0.2) is 14.2 Å². The van der Waals surface area contributed by atoms with Crippen molar-refractivity contribution in [3.63, 3.8) is 0 Å². The van der Waals surface area contributed by atoms with Crippen LogP contribution in [0.1, 0.15) is 19.7 Å². The summed E-state index contributed by atoms with van der Waals surface area (Å²) in [6.07, 6.45) is 3.69. The molecule has 2 aromatic rings. The summed E-state index contributed by atoms with van der Waals surface area (Å²) < 4.78 is 5.78. The molecule has 228 valence electrons. The van der Waals surface area contributed by atoms with Crippen LogP contribution in [0.25, 0.3) is 0 Å². The summed E-state index contributed by atoms with van der Waals surface area (Å²) in [4.78, 5) is 60.3. The molecule has 43 heavy (non-hydrogen) atoms. The Labute approximate surface area is 253 Å². The number of hydrogen-bond donors (Lipinski definition) is 6. The van der Waals surface area contributed by atoms with Crippen molar-refractivity contribution in [3.05, 3.63) is 41.6 Å². The monoisotopic (exact) mass is 632 g/mol. The SMILES string of the molecule is CC(C)(ON=C(C(=O)NC1C(=O)N2C(C(=O)O)=C(C[n+]3ccc(NCC4CNC4)cc3)CSC12)c1nsc(N)n1)C(=O)O. The minimum Gasteiger partial charge on any atom is -0.478 e. The van der Waals surface area contributed by atoms with Crippen molar-refractivity contribution in [2.75, 3.05) is 36.4 Å². The number of amides is 2. The van der Waals surface area contributed by atoms with Crippen molar-refractivity contribution >= 4 is 63.6 Å². The average molecular weight is 633 g/mol. The Hall–Kier alpha value is -4.29. The molecule has 3 aliphatic rings. The number of anilines is 2. The number of nitrogen functional groups attached to an aromatic ring is 1. The highest BCUT2D eigenvalue weighted by Crippen LogP contribution is 2.40. The van der Waals surface area contributed by atoms with Gasteiger partial charge in [0.05, 0.1) is 0 Å². The van der Waals surface area contributed by atoms with Crippen LogP contribution in [0.2, 0.25) is 0 Å². The number of nitrogens with two attached hydrogens (primary N) is 1. The van der Waals surface area contributed by atoms with Gasteiger partial charge in [0.15, 0.2) is 24.1 Å². The maximum absolute atomic E-state index is 13.2. The number of carboxylic acids is 2. The number of thioether (sulfide) groups is 1. The minimum absolute atomic E-state index is 0.0282. The number of rotatable bonds is 12. The maximum Gasteiger partial charge on any atom is 0.352 e. The molecule has 3 aliphatic heterocycles. The first-order chi connectivity index (χ1) is 20.4. The van der Waals surface area contributed by atoms with Gasteiger partial charge in [0.2, 0.25) is 17.1 Å². The van der Waals surface area contributed by atoms with Gasteiger partial charge in [-0.2, -0.15) is 9.36 Å². The Kier molecular flexibility index (Phi) is 8.52. The van der Waals surface area contributed by atoms with Crippen LogP contribution in [0.3, 0.4) is 0 Å². The van der Waals surface area contributed by atoms with Crippen molar-refractivity contribution < 1.29 is 38.8 Å². The number of aliphatic carboxylic acids is 2. The molecule has 2 aromatic heterocycles. The van der Waals surface area contributed by atoms with Crippen LogP contribution < -0.4 is 26.3 Å². The summed E-state index contributed by atoms with van der Waals surface area (Å²) in [6.45, 7) is 5.59. The van der Waals surface area contributed by atoms with Crippen LogP contribution in [-0.2, 0) is 30.6 Å². The topological polar surface area (TPSA) is 225 Å². The van der Waals surface area contributed by atoms with Gasteiger partial charge < -0.3 is 36.7 Å². The number of nitrogens with one attached hydrogen (secondary N) is 3. The third kappa shape index (κ3) is 6.40. The summed E-state index contributed by atoms with van der Waals surface area (Å²) in [6, 6.07) is 2.75. The lowest BCUT2D eigenvalue weighted by atomic mass is 10.0. The van der Waals surface area contributed by atoms with E-state index in [-0.39, 0.29) is 23.2 Å². The van der Waals surface area contributed by atoms with E-state index >= 15 is 0 Å². The number of fused-ring (bicyclic) bond motifs is 1. The van der Waals surface area contributed by atoms with E-state index in [4.69, 9.17) is 10.6 Å². The molecule has 16 nitrogen and oxygen atoms in total. The molecular formula is C25H30N9O7S2+. The van der Waals surface area contributed by atoms with Gasteiger partial charge in [-0.3, -0.25) is 14.5 Å². The van der Waals surface area contributed by atoms with E-state index in [1.807, 2.05) is 29.1 Å². The molecule has 2 saturated heterocycles. The van der Waals surface area contributed by atoms with Gasteiger partial charge in [0.25, 0.3) is 11.8 Å². The molecular weight excluding hydrogens is 602 g/mol. The third-order valence-corrected chi connectivity index (χ3v) is 8.89. The average Bonchev–Trinajstić information content (AvgIpc) is 3.36. The Morgan fingerprint density at radius 3 is 2.58 bits per heavy atom. The second-order valence-electron chi connectivity index (χ2n) is 10.6. The highest BCUT2D eigenvalue weighted by molar-refractivity contribution is 8.00. The van der Waals surface area contributed by atoms with E-state index in [1.54, 1.807) is 0 Å². The highest BCUT2D eigenvalue weighted by atomic mass is 32.2. The molecule has 0 radical (unpaired) electrons. The third-order valence-electron chi connectivity index (χ3n) is 7.01. The molecule has 0 bridgehead atoms. The van der Waals surface area contributed by atoms with E-state index < -0.39 is 46.5 Å². The number of aromatic nitrogens is 3. The largest absolute Gasteiger partial charge is 0.478 e. The number of pyridine rings is 1. The van der Waals surface area contributed by atoms with Crippen LogP contribution in [-0.4, -0.2) is 96.3 Å². The lowest BCUT2D eigenvalue weighted by Crippen LogP contribution is -2.71. The molecule has 2 unspecified atom stereocenters. The van der Waals surface area contributed by atoms with Crippen LogP contribution >= 0.6 is 23.3 Å². The second kappa shape index (κ2) is 12.1. The Balaban J connectivity index is 1.28. The molecule has 2 fully saturated rings. The molecule has 0 aliphatic carbocycles. The van der Waals surface area contributed by atoms with Gasteiger partial charge in [-0.15, -0.1) is 11.8 Å². The molecule has 7 N–H and O–H groups in total. The molecule has 5 heterocycles. The standard InChI is InChI=1S/C25H29N9O7S2/c1-25(2,23(39)40)41-31-15(18-30-24(26)43-32-18)19(35)29-16-20(36)34-17(22(37)38)13(11-42-21(16)34)10-33-5-3-14(4-6-33)28-9-12-7-27-8-12/h3-6,12,16,21,27H,7-11H2,1-2H3,(H5,26,29,30,32,35,37,38,39,40)/p+1. The number of carbonyl (C=O) groups is 4. The summed E-state index contributed by atoms with van der Waals surface area (Å²) in [5.41, 5.74) is 4.75. The van der Waals surface area contributed by atoms with Gasteiger partial charge in [-0.05, 0) is 13.8 Å². The van der Waals surface area contributed by atoms with E-state index in [1.165, 1.54) is 30.5 Å². The number of oxime groups is 1. The van der Waals surface area contributed by atoms with Crippen molar-refractivity contribution in [2.45, 2.75) is 37.4 Å². The first-order valence-electron chi connectivity index (χ1n) is 13.2. The first kappa shape index (κ1) is 30.2. The Bertz CT molecular complexity index is 1500. The van der Waals surface area contributed by atoms with Crippen molar-refractivity contribution in [1.82, 2.24) is 24.9 Å². The number of carbonyl (C=O) groups excluding carboxylic acids is 2. The van der Waals surface area contributed by atoms with Gasteiger partial charge in [0.1, 0.15) is 17.1 Å². The van der Waals surface area contributed by atoms with Crippen LogP contribution in [0.15, 0.2) is 41.0 Å². The fraction of sp³-hybridized carbons (Fsp3) is 0.440. The summed E-state index contributed by atoms with van der Waals surface area (Å²) in [5, 5.41) is 31.5. The molecule has 5 rings (SSSR count). The molecule has 0 spiro atoms. The molecule has 2 amide bonds. The normalized spacial score (nSPS) is 20.6. The molecule has 18 heteroatoms. The molecule has 0 aromatic carbocycles. The number of carboxylic acid groups (broad SMARTS) is 2. The predicted molar refractivity (Wildman–Crippen MR) is 155 cm³/mol. The van der Waals surface area contributed by atoms with Gasteiger partial charge in [0, 0.05) is 66.2 Å². The zero-order valence-electron chi connectivity index (χ0n) is 23.1. The minimum atomic E-state index is -1.78. The first-order valence-corrected chi connectivity index (χ1v) is 15.0. The highest BCUT2D eigenvalue weighted by Gasteiger charge is 2.55. The fourth-order valence-corrected chi connectivity index (χ4v) is 6.15. The summed E-state index contributed by atoms with van der Waals surface area (Å²) in [7, 11) is 0. The van der Waals surface area contributed by atoms with Crippen LogP contribution in [0.4, 0.5) is 10.8 Å². The quantitative estimate of drug-likeness (QED) is 0.0720. The Morgan fingerprint density at radius 1 is 1.28 bits per heavy atom. The lowest BCUT2D eigenvalue weighted by molar-refractivity contribution is -0.688. The maximum atomic E-state index is 13.2. The zero-order valence-corrected chi connectivity index (χ0v) is 24.8. The molecule has 0 saturated carbocycles. The van der Waals surface area contributed by atoms with Crippen molar-refractivity contribution in [2.24, 2.45) is 11.1 Å². The van der Waals surface area contributed by atoms with Gasteiger partial charge in [-0.1, -0.05) is 5.16 Å². The fourth-order valence-electron chi connectivity index (χ4n) is 4.38. The van der Waals surface area contributed by atoms with E-state index in [0.29, 0.717) is 17.2 Å². The smallest absolute Gasteiger partial charge is 0.352 e. The predicted octanol–water partition coefficient (Wildman–Crippen LogP) is -0.938. The van der Waals surface area contributed by atoms with Crippen molar-refractivity contribution in [1.29, 1.82) is 0 Å². The van der Waals surface area contributed by atoms with Crippen LogP contribution in [0, 0.1) is 5.92 Å². The summed E-state index contributed by atoms with van der Waals surface area (Å²) >= 11 is 2.10. The van der Waals surface area contributed by atoms with E-state index in [9.17, 15) is 29.4 Å². The lowest BCUT2D eigenvalue weighted by Gasteiger charge is -2.49. The van der Waals surface area contributed by atoms with E-state index in [2.05, 4.69) is 30.5 Å². The van der Waals surface area contributed by atoms with Gasteiger partial charge >= 0.3 is 11.9 Å². The molecule has 2 atom stereocenters. The van der Waals surface area contributed by atoms with Crippen molar-refractivity contribution in [3.8, 4) is 0 Å². The Morgan fingerprint density at radius 2 is 2.00 bits per heavy atom. The number of nitrogens with zero attached hydrogens (tertiary/aromatic N) is 5. The number of hydrogen-bond acceptors (Lipinski definition) is 13. The number of β-lactam (4-membered cyclic amide) rings is 1. The van der Waals surface area contributed by atoms with E-state index in [0.717, 1.165) is 36.9 Å². The summed E-state index contributed by atoms with van der Waals surface area (Å²) in [5.74, 6) is -3.42. The van der Waals surface area contributed by atoms with Crippen LogP contribution in [0.5, 0.6) is 0 Å².